The monoisotopic (exact) mass is 792 g/mol. The van der Waals surface area contributed by atoms with Crippen LogP contribution in [0.4, 0.5) is 10.5 Å². The van der Waals surface area contributed by atoms with Crippen LogP contribution in [-0.4, -0.2) is 49.4 Å². The lowest BCUT2D eigenvalue weighted by Crippen LogP contribution is -2.39. The van der Waals surface area contributed by atoms with Crippen molar-refractivity contribution in [3.63, 3.8) is 0 Å². The number of hydrogen-bond acceptors (Lipinski definition) is 5. The Kier molecular flexibility index (Phi) is 11.9. The summed E-state index contributed by atoms with van der Waals surface area (Å²) in [4.78, 5) is 20.3. The first kappa shape index (κ1) is 39.9. The second-order valence-corrected chi connectivity index (χ2v) is 15.3. The molecule has 6 aromatic carbocycles. The maximum Gasteiger partial charge on any atom is 0.321 e. The molecule has 0 fully saturated rings. The molecule has 0 aliphatic rings. The van der Waals surface area contributed by atoms with Crippen LogP contribution in [0.3, 0.4) is 0 Å². The maximum atomic E-state index is 13.2. The fourth-order valence-electron chi connectivity index (χ4n) is 8.62. The highest BCUT2D eigenvalue weighted by molar-refractivity contribution is 5.95. The normalized spacial score (nSPS) is 11.5. The van der Waals surface area contributed by atoms with E-state index in [1.807, 2.05) is 39.9 Å². The number of imidazole rings is 1. The third-order valence-electron chi connectivity index (χ3n) is 11.6. The molecule has 2 heterocycles. The molecule has 8 aromatic rings. The molecule has 0 aliphatic heterocycles. The lowest BCUT2D eigenvalue weighted by atomic mass is 9.76. The summed E-state index contributed by atoms with van der Waals surface area (Å²) in [6, 6.07) is 52.5. The van der Waals surface area contributed by atoms with E-state index in [0.29, 0.717) is 12.4 Å². The molecule has 0 saturated heterocycles. The molecule has 0 aliphatic carbocycles. The van der Waals surface area contributed by atoms with Crippen molar-refractivity contribution in [3.05, 3.63) is 180 Å². The van der Waals surface area contributed by atoms with Gasteiger partial charge in [-0.1, -0.05) is 161 Å². The molecule has 8 rings (SSSR count). The van der Waals surface area contributed by atoms with Crippen molar-refractivity contribution in [2.75, 3.05) is 18.5 Å². The summed E-state index contributed by atoms with van der Waals surface area (Å²) < 4.78 is 4.32. The summed E-state index contributed by atoms with van der Waals surface area (Å²) in [6.07, 6.45) is 5.86. The molecule has 0 atom stereocenters. The van der Waals surface area contributed by atoms with Gasteiger partial charge in [0.1, 0.15) is 11.4 Å². The first-order valence-corrected chi connectivity index (χ1v) is 21.2. The molecule has 0 unspecified atom stereocenters. The number of anilines is 1. The Morgan fingerprint density at radius 3 is 1.90 bits per heavy atom. The average Bonchev–Trinajstić information content (AvgIpc) is 3.93. The van der Waals surface area contributed by atoms with Crippen LogP contribution in [0.1, 0.15) is 74.0 Å². The molecule has 1 N–H and O–H groups in total. The largest absolute Gasteiger partial charge is 0.341 e. The zero-order valence-electron chi connectivity index (χ0n) is 34.9. The number of nitrogens with one attached hydrogen (secondary N) is 1. The van der Waals surface area contributed by atoms with Crippen molar-refractivity contribution < 1.29 is 4.79 Å². The molecule has 0 bridgehead atoms. The Bertz CT molecular complexity index is 2580. The zero-order valence-corrected chi connectivity index (χ0v) is 34.9. The molecule has 9 heteroatoms. The summed E-state index contributed by atoms with van der Waals surface area (Å²) >= 11 is 0. The average molecular weight is 793 g/mol. The van der Waals surface area contributed by atoms with Gasteiger partial charge in [-0.3, -0.25) is 9.47 Å². The Hall–Kier alpha value is -6.87. The second kappa shape index (κ2) is 18.0. The lowest BCUT2D eigenvalue weighted by Gasteiger charge is -2.36. The van der Waals surface area contributed by atoms with E-state index in [4.69, 9.17) is 15.3 Å². The second-order valence-electron chi connectivity index (χ2n) is 15.3. The van der Waals surface area contributed by atoms with Crippen molar-refractivity contribution >= 4 is 22.8 Å². The highest BCUT2D eigenvalue weighted by atomic mass is 16.2. The quantitative estimate of drug-likeness (QED) is 0.0824. The maximum absolute atomic E-state index is 13.2. The van der Waals surface area contributed by atoms with Crippen LogP contribution in [0, 0.1) is 6.92 Å². The van der Waals surface area contributed by atoms with Crippen LogP contribution in [-0.2, 0) is 12.0 Å². The molecule has 9 nitrogen and oxygen atoms in total. The molecular weight excluding hydrogens is 741 g/mol. The third kappa shape index (κ3) is 7.36. The number of unbranched alkanes of at least 4 members (excludes halogenated alkanes) is 3. The Labute approximate surface area is 352 Å². The van der Waals surface area contributed by atoms with Crippen LogP contribution < -0.4 is 10.2 Å². The minimum atomic E-state index is -0.933. The van der Waals surface area contributed by atoms with Crippen LogP contribution in [0.2, 0.25) is 0 Å². The number of tetrazole rings is 1. The van der Waals surface area contributed by atoms with Crippen LogP contribution in [0.25, 0.3) is 39.2 Å². The van der Waals surface area contributed by atoms with Gasteiger partial charge in [-0.15, -0.1) is 5.10 Å². The van der Waals surface area contributed by atoms with E-state index in [1.54, 1.807) is 7.05 Å². The van der Waals surface area contributed by atoms with Gasteiger partial charge in [0.15, 0.2) is 5.82 Å². The first-order valence-electron chi connectivity index (χ1n) is 21.2. The van der Waals surface area contributed by atoms with E-state index in [-0.39, 0.29) is 6.03 Å². The first-order chi connectivity index (χ1) is 29.5. The summed E-state index contributed by atoms with van der Waals surface area (Å²) in [5.74, 6) is 1.61. The van der Waals surface area contributed by atoms with Gasteiger partial charge in [0.2, 0.25) is 0 Å². The smallest absolute Gasteiger partial charge is 0.321 e. The van der Waals surface area contributed by atoms with Gasteiger partial charge < -0.3 is 5.32 Å². The molecule has 0 radical (unpaired) electrons. The molecule has 60 heavy (non-hydrogen) atoms. The van der Waals surface area contributed by atoms with E-state index >= 15 is 0 Å². The zero-order chi connectivity index (χ0) is 41.5. The van der Waals surface area contributed by atoms with Gasteiger partial charge in [-0.25, -0.2) is 14.5 Å². The van der Waals surface area contributed by atoms with Crippen LogP contribution in [0.5, 0.6) is 0 Å². The van der Waals surface area contributed by atoms with Crippen molar-refractivity contribution in [1.29, 1.82) is 0 Å². The SMILES string of the molecule is CCCCCN(C(=O)NC)c1ccc2c(c1)nc(CCCC)n2-c1ccc(-c2ccccc2)c(-c2nnnn2C(c2ccccc2)(c2ccccc2)c2ccccc2)c1C. The topological polar surface area (TPSA) is 93.8 Å². The van der Waals surface area contributed by atoms with Gasteiger partial charge in [-0.05, 0) is 87.8 Å². The van der Waals surface area contributed by atoms with Crippen molar-refractivity contribution in [2.24, 2.45) is 0 Å². The number of carbonyl (C=O) groups excluding carboxylic acids is 1. The number of carbonyl (C=O) groups is 1. The molecule has 0 spiro atoms. The van der Waals surface area contributed by atoms with Gasteiger partial charge in [0.25, 0.3) is 0 Å². The minimum Gasteiger partial charge on any atom is -0.341 e. The highest BCUT2D eigenvalue weighted by Crippen LogP contribution is 2.45. The van der Waals surface area contributed by atoms with E-state index in [2.05, 4.69) is 157 Å². The third-order valence-corrected chi connectivity index (χ3v) is 11.6. The van der Waals surface area contributed by atoms with E-state index in [1.165, 1.54) is 0 Å². The van der Waals surface area contributed by atoms with E-state index < -0.39 is 5.54 Å². The standard InChI is InChI=1S/C51H52N8O/c1-5-7-21-35-57(50(60)52-4)42-31-33-46-44(36-42)53-47(30-8-6-2)58(46)45-34-32-43(38-22-13-9-14-23-38)48(37(45)3)49-54-55-56-59(49)51(39-24-15-10-16-25-39,40-26-17-11-18-27-40)41-28-19-12-20-29-41/h9-20,22-29,31-34,36H,5-8,21,30,35H2,1-4H3,(H,52,60). The van der Waals surface area contributed by atoms with Gasteiger partial charge in [0, 0.05) is 31.3 Å². The number of benzene rings is 6. The van der Waals surface area contributed by atoms with Gasteiger partial charge >= 0.3 is 6.03 Å². The molecular formula is C51H52N8O. The van der Waals surface area contributed by atoms with E-state index in [0.717, 1.165) is 106 Å². The van der Waals surface area contributed by atoms with Gasteiger partial charge in [0.05, 0.1) is 16.7 Å². The van der Waals surface area contributed by atoms with Crippen LogP contribution in [0.15, 0.2) is 152 Å². The summed E-state index contributed by atoms with van der Waals surface area (Å²) in [5.41, 5.74) is 9.84. The van der Waals surface area contributed by atoms with Crippen molar-refractivity contribution in [1.82, 2.24) is 35.1 Å². The summed E-state index contributed by atoms with van der Waals surface area (Å²) in [6.45, 7) is 7.19. The summed E-state index contributed by atoms with van der Waals surface area (Å²) in [7, 11) is 1.69. The molecule has 2 amide bonds. The number of hydrogen-bond donors (Lipinski definition) is 1. The minimum absolute atomic E-state index is 0.122. The fourth-order valence-corrected chi connectivity index (χ4v) is 8.62. The number of aromatic nitrogens is 6. The molecule has 0 saturated carbocycles. The Morgan fingerprint density at radius 2 is 1.32 bits per heavy atom. The highest BCUT2D eigenvalue weighted by Gasteiger charge is 2.42. The van der Waals surface area contributed by atoms with E-state index in [9.17, 15) is 4.79 Å². The number of aryl methyl sites for hydroxylation is 1. The number of nitrogens with zero attached hydrogens (tertiary/aromatic N) is 7. The van der Waals surface area contributed by atoms with Crippen LogP contribution >= 0.6 is 0 Å². The lowest BCUT2D eigenvalue weighted by molar-refractivity contribution is 0.248. The summed E-state index contributed by atoms with van der Waals surface area (Å²) in [5, 5.41) is 17.2. The number of fused-ring (bicyclic) bond motifs is 1. The fraction of sp³-hybridized carbons (Fsp3) is 0.235. The van der Waals surface area contributed by atoms with Gasteiger partial charge in [-0.2, -0.15) is 0 Å². The predicted octanol–water partition coefficient (Wildman–Crippen LogP) is 11.2. The predicted molar refractivity (Wildman–Crippen MR) is 243 cm³/mol. The van der Waals surface area contributed by atoms with Crippen molar-refractivity contribution in [2.45, 2.75) is 64.8 Å². The molecule has 302 valence electrons. The Morgan fingerprint density at radius 1 is 0.717 bits per heavy atom. The molecule has 2 aromatic heterocycles. The number of urea groups is 1. The van der Waals surface area contributed by atoms with Crippen molar-refractivity contribution in [3.8, 4) is 28.2 Å². The number of rotatable bonds is 15. The Balaban J connectivity index is 1.40. The number of amides is 2.